The van der Waals surface area contributed by atoms with Gasteiger partial charge in [0.1, 0.15) is 19.0 Å². The lowest BCUT2D eigenvalue weighted by atomic mass is 10.2. The molecular formula is C20H22O5. The lowest BCUT2D eigenvalue weighted by Crippen LogP contribution is -2.10. The Labute approximate surface area is 147 Å². The highest BCUT2D eigenvalue weighted by Crippen LogP contribution is 2.29. The molecule has 0 aliphatic rings. The van der Waals surface area contributed by atoms with E-state index in [0.717, 1.165) is 17.4 Å². The molecule has 5 heteroatoms. The largest absolute Gasteiger partial charge is 0.490 e. The Kier molecular flexibility index (Phi) is 6.89. The second-order valence-electron chi connectivity index (χ2n) is 5.32. The minimum atomic E-state index is -0.994. The predicted octanol–water partition coefficient (Wildman–Crippen LogP) is 3.95. The van der Waals surface area contributed by atoms with E-state index in [9.17, 15) is 4.79 Å². The standard InChI is InChI=1S/C20H22O5/c1-3-23-19-14-16(7-11-20(21)22)6-10-18(19)25-13-12-24-17-8-4-15(2)5-9-17/h4-11,14H,3,12-13H2,1-2H3,(H,21,22)/b11-7+. The van der Waals surface area contributed by atoms with E-state index in [0.29, 0.717) is 31.3 Å². The molecule has 5 nitrogen and oxygen atoms in total. The van der Waals surface area contributed by atoms with E-state index in [-0.39, 0.29) is 0 Å². The molecule has 0 aliphatic heterocycles. The van der Waals surface area contributed by atoms with Crippen LogP contribution in [-0.4, -0.2) is 30.9 Å². The second-order valence-corrected chi connectivity index (χ2v) is 5.32. The molecule has 2 aromatic rings. The number of aliphatic carboxylic acids is 1. The van der Waals surface area contributed by atoms with Crippen molar-refractivity contribution in [2.24, 2.45) is 0 Å². The summed E-state index contributed by atoms with van der Waals surface area (Å²) in [5, 5.41) is 8.70. The van der Waals surface area contributed by atoms with Crippen LogP contribution in [-0.2, 0) is 4.79 Å². The zero-order valence-corrected chi connectivity index (χ0v) is 14.4. The molecule has 0 radical (unpaired) electrons. The predicted molar refractivity (Wildman–Crippen MR) is 96.4 cm³/mol. The monoisotopic (exact) mass is 342 g/mol. The van der Waals surface area contributed by atoms with Gasteiger partial charge < -0.3 is 19.3 Å². The summed E-state index contributed by atoms with van der Waals surface area (Å²) >= 11 is 0. The number of hydrogen-bond donors (Lipinski definition) is 1. The van der Waals surface area contributed by atoms with Gasteiger partial charge in [0, 0.05) is 6.08 Å². The van der Waals surface area contributed by atoms with Gasteiger partial charge in [0.2, 0.25) is 0 Å². The summed E-state index contributed by atoms with van der Waals surface area (Å²) in [6.45, 7) is 5.18. The molecule has 0 fully saturated rings. The Hall–Kier alpha value is -2.95. The average Bonchev–Trinajstić information content (AvgIpc) is 2.60. The van der Waals surface area contributed by atoms with Gasteiger partial charge in [0.05, 0.1) is 6.61 Å². The normalized spacial score (nSPS) is 10.6. The van der Waals surface area contributed by atoms with Crippen LogP contribution < -0.4 is 14.2 Å². The molecule has 2 aromatic carbocycles. The van der Waals surface area contributed by atoms with Crippen LogP contribution >= 0.6 is 0 Å². The summed E-state index contributed by atoms with van der Waals surface area (Å²) in [6, 6.07) is 13.1. The molecule has 0 heterocycles. The van der Waals surface area contributed by atoms with E-state index in [4.69, 9.17) is 19.3 Å². The first-order valence-electron chi connectivity index (χ1n) is 8.08. The first kappa shape index (κ1) is 18.4. The van der Waals surface area contributed by atoms with Crippen molar-refractivity contribution < 1.29 is 24.1 Å². The smallest absolute Gasteiger partial charge is 0.328 e. The van der Waals surface area contributed by atoms with Gasteiger partial charge in [-0.25, -0.2) is 4.79 Å². The molecule has 0 unspecified atom stereocenters. The van der Waals surface area contributed by atoms with Gasteiger partial charge in [0.25, 0.3) is 0 Å². The van der Waals surface area contributed by atoms with Crippen LogP contribution in [0.25, 0.3) is 6.08 Å². The molecule has 0 spiro atoms. The van der Waals surface area contributed by atoms with Crippen molar-refractivity contribution in [2.75, 3.05) is 19.8 Å². The summed E-state index contributed by atoms with van der Waals surface area (Å²) in [6.07, 6.45) is 2.59. The fourth-order valence-corrected chi connectivity index (χ4v) is 2.13. The number of carbonyl (C=O) groups is 1. The fraction of sp³-hybridized carbons (Fsp3) is 0.250. The summed E-state index contributed by atoms with van der Waals surface area (Å²) in [7, 11) is 0. The number of carboxylic acid groups (broad SMARTS) is 1. The molecule has 0 amide bonds. The van der Waals surface area contributed by atoms with Crippen molar-refractivity contribution in [1.29, 1.82) is 0 Å². The quantitative estimate of drug-likeness (QED) is 0.552. The topological polar surface area (TPSA) is 65.0 Å². The highest BCUT2D eigenvalue weighted by Gasteiger charge is 2.06. The van der Waals surface area contributed by atoms with E-state index in [1.807, 2.05) is 38.1 Å². The van der Waals surface area contributed by atoms with E-state index in [1.165, 1.54) is 11.6 Å². The Balaban J connectivity index is 1.93. The number of hydrogen-bond acceptors (Lipinski definition) is 4. The number of aryl methyl sites for hydroxylation is 1. The molecule has 0 saturated carbocycles. The zero-order valence-electron chi connectivity index (χ0n) is 14.4. The van der Waals surface area contributed by atoms with E-state index in [2.05, 4.69) is 0 Å². The molecule has 0 atom stereocenters. The van der Waals surface area contributed by atoms with Crippen LogP contribution in [0.3, 0.4) is 0 Å². The molecule has 0 bridgehead atoms. The number of ether oxygens (including phenoxy) is 3. The first-order valence-corrected chi connectivity index (χ1v) is 8.08. The Morgan fingerprint density at radius 3 is 2.40 bits per heavy atom. The second kappa shape index (κ2) is 9.37. The highest BCUT2D eigenvalue weighted by molar-refractivity contribution is 5.85. The van der Waals surface area contributed by atoms with Crippen LogP contribution in [0.4, 0.5) is 0 Å². The number of carboxylic acids is 1. The molecule has 0 aromatic heterocycles. The van der Waals surface area contributed by atoms with Gasteiger partial charge in [-0.2, -0.15) is 0 Å². The van der Waals surface area contributed by atoms with Crippen LogP contribution in [0.1, 0.15) is 18.1 Å². The van der Waals surface area contributed by atoms with E-state index >= 15 is 0 Å². The summed E-state index contributed by atoms with van der Waals surface area (Å²) in [5.74, 6) is 0.979. The molecule has 0 saturated heterocycles. The maximum absolute atomic E-state index is 10.6. The Bertz CT molecular complexity index is 719. The van der Waals surface area contributed by atoms with Gasteiger partial charge in [-0.05, 0) is 49.8 Å². The summed E-state index contributed by atoms with van der Waals surface area (Å²) < 4.78 is 16.9. The van der Waals surface area contributed by atoms with Gasteiger partial charge in [0.15, 0.2) is 11.5 Å². The van der Waals surface area contributed by atoms with Crippen LogP contribution in [0, 0.1) is 6.92 Å². The zero-order chi connectivity index (χ0) is 18.1. The molecule has 0 aliphatic carbocycles. The molecule has 2 rings (SSSR count). The first-order chi connectivity index (χ1) is 12.1. The highest BCUT2D eigenvalue weighted by atomic mass is 16.5. The Morgan fingerprint density at radius 2 is 1.72 bits per heavy atom. The van der Waals surface area contributed by atoms with Crippen LogP contribution in [0.15, 0.2) is 48.5 Å². The molecule has 1 N–H and O–H groups in total. The third kappa shape index (κ3) is 6.22. The van der Waals surface area contributed by atoms with Crippen molar-refractivity contribution in [3.63, 3.8) is 0 Å². The molecule has 25 heavy (non-hydrogen) atoms. The number of benzene rings is 2. The van der Waals surface area contributed by atoms with Gasteiger partial charge in [-0.1, -0.05) is 23.8 Å². The van der Waals surface area contributed by atoms with Gasteiger partial charge in [-0.3, -0.25) is 0 Å². The van der Waals surface area contributed by atoms with Crippen LogP contribution in [0.2, 0.25) is 0 Å². The summed E-state index contributed by atoms with van der Waals surface area (Å²) in [4.78, 5) is 10.6. The lowest BCUT2D eigenvalue weighted by Gasteiger charge is -2.13. The van der Waals surface area contributed by atoms with Gasteiger partial charge >= 0.3 is 5.97 Å². The third-order valence-corrected chi connectivity index (χ3v) is 3.32. The maximum atomic E-state index is 10.6. The third-order valence-electron chi connectivity index (χ3n) is 3.32. The number of rotatable bonds is 9. The Morgan fingerprint density at radius 1 is 1.00 bits per heavy atom. The van der Waals surface area contributed by atoms with Crippen molar-refractivity contribution in [1.82, 2.24) is 0 Å². The fourth-order valence-electron chi connectivity index (χ4n) is 2.13. The van der Waals surface area contributed by atoms with Crippen molar-refractivity contribution in [3.05, 3.63) is 59.7 Å². The van der Waals surface area contributed by atoms with Crippen molar-refractivity contribution in [3.8, 4) is 17.2 Å². The lowest BCUT2D eigenvalue weighted by molar-refractivity contribution is -0.131. The molecular weight excluding hydrogens is 320 g/mol. The van der Waals surface area contributed by atoms with Crippen LogP contribution in [0.5, 0.6) is 17.2 Å². The summed E-state index contributed by atoms with van der Waals surface area (Å²) in [5.41, 5.74) is 1.91. The molecule has 132 valence electrons. The van der Waals surface area contributed by atoms with E-state index < -0.39 is 5.97 Å². The average molecular weight is 342 g/mol. The maximum Gasteiger partial charge on any atom is 0.328 e. The van der Waals surface area contributed by atoms with Crippen molar-refractivity contribution in [2.45, 2.75) is 13.8 Å². The van der Waals surface area contributed by atoms with Crippen molar-refractivity contribution >= 4 is 12.0 Å². The SMILES string of the molecule is CCOc1cc(/C=C/C(=O)O)ccc1OCCOc1ccc(C)cc1. The minimum Gasteiger partial charge on any atom is -0.490 e. The minimum absolute atomic E-state index is 0.373. The van der Waals surface area contributed by atoms with Gasteiger partial charge in [-0.15, -0.1) is 0 Å². The van der Waals surface area contributed by atoms with E-state index in [1.54, 1.807) is 18.2 Å².